The summed E-state index contributed by atoms with van der Waals surface area (Å²) in [6.45, 7) is 3.71. The Morgan fingerprint density at radius 3 is 2.24 bits per heavy atom. The number of sulfonamides is 1. The first-order valence-electron chi connectivity index (χ1n) is 12.5. The number of aryl methyl sites for hydroxylation is 1. The van der Waals surface area contributed by atoms with E-state index < -0.39 is 34.3 Å². The van der Waals surface area contributed by atoms with Gasteiger partial charge in [0.1, 0.15) is 18.4 Å². The van der Waals surface area contributed by atoms with E-state index in [9.17, 15) is 22.4 Å². The zero-order valence-electron chi connectivity index (χ0n) is 21.9. The maximum Gasteiger partial charge on any atom is 0.244 e. The van der Waals surface area contributed by atoms with Gasteiger partial charge in [-0.2, -0.15) is 0 Å². The van der Waals surface area contributed by atoms with E-state index in [1.807, 2.05) is 68.4 Å². The van der Waals surface area contributed by atoms with Gasteiger partial charge in [-0.1, -0.05) is 79.2 Å². The lowest BCUT2D eigenvalue weighted by molar-refractivity contribution is -0.140. The summed E-state index contributed by atoms with van der Waals surface area (Å²) in [6, 6.07) is 21.3. The molecule has 0 unspecified atom stereocenters. The van der Waals surface area contributed by atoms with Crippen molar-refractivity contribution < 1.29 is 22.4 Å². The summed E-state index contributed by atoms with van der Waals surface area (Å²) in [7, 11) is -4.02. The van der Waals surface area contributed by atoms with Crippen LogP contribution >= 0.6 is 0 Å². The second kappa shape index (κ2) is 13.2. The maximum absolute atomic E-state index is 14.6. The van der Waals surface area contributed by atoms with E-state index in [0.29, 0.717) is 13.0 Å². The van der Waals surface area contributed by atoms with Crippen molar-refractivity contribution in [2.45, 2.75) is 39.3 Å². The van der Waals surface area contributed by atoms with Gasteiger partial charge in [-0.25, -0.2) is 12.8 Å². The quantitative estimate of drug-likeness (QED) is 0.376. The first-order chi connectivity index (χ1) is 18.1. The molecule has 38 heavy (non-hydrogen) atoms. The molecule has 0 aromatic heterocycles. The molecular formula is C29H34FN3O4S. The van der Waals surface area contributed by atoms with E-state index in [4.69, 9.17) is 0 Å². The molecule has 2 amide bonds. The molecule has 7 nitrogen and oxygen atoms in total. The van der Waals surface area contributed by atoms with E-state index in [1.54, 1.807) is 0 Å². The molecule has 1 atom stereocenters. The molecular weight excluding hydrogens is 505 g/mol. The third kappa shape index (κ3) is 7.89. The Kier molecular flexibility index (Phi) is 10.0. The number of rotatable bonds is 12. The normalized spacial score (nSPS) is 12.0. The van der Waals surface area contributed by atoms with E-state index in [1.165, 1.54) is 23.1 Å². The van der Waals surface area contributed by atoms with Crippen molar-refractivity contribution in [1.82, 2.24) is 10.2 Å². The summed E-state index contributed by atoms with van der Waals surface area (Å²) in [5.74, 6) is -1.72. The van der Waals surface area contributed by atoms with E-state index >= 15 is 0 Å². The van der Waals surface area contributed by atoms with Crippen molar-refractivity contribution in [3.63, 3.8) is 0 Å². The molecule has 0 bridgehead atoms. The van der Waals surface area contributed by atoms with Gasteiger partial charge in [0, 0.05) is 19.5 Å². The van der Waals surface area contributed by atoms with Crippen molar-refractivity contribution in [3.8, 4) is 0 Å². The maximum atomic E-state index is 14.6. The van der Waals surface area contributed by atoms with Gasteiger partial charge in [0.15, 0.2) is 0 Å². The van der Waals surface area contributed by atoms with Gasteiger partial charge in [0.25, 0.3) is 0 Å². The molecule has 0 radical (unpaired) electrons. The number of benzene rings is 3. The highest BCUT2D eigenvalue weighted by Gasteiger charge is 2.33. The molecule has 202 valence electrons. The molecule has 0 spiro atoms. The third-order valence-corrected chi connectivity index (χ3v) is 7.18. The molecule has 1 N–H and O–H groups in total. The van der Waals surface area contributed by atoms with E-state index in [0.717, 1.165) is 33.3 Å². The van der Waals surface area contributed by atoms with Crippen LogP contribution in [0.25, 0.3) is 0 Å². The standard InChI is InChI=1S/C29H34FN3O4S/c1-4-17-31-29(35)27(19-23-12-6-5-7-13-23)32(20-24-14-10-11-22(2)18-24)28(34)21-33(38(3,36)37)26-16-9-8-15-25(26)30/h5-16,18,27H,4,17,19-21H2,1-3H3,(H,31,35)/t27-/m1/s1. The van der Waals surface area contributed by atoms with Crippen molar-refractivity contribution in [2.75, 3.05) is 23.7 Å². The predicted molar refractivity (Wildman–Crippen MR) is 148 cm³/mol. The van der Waals surface area contributed by atoms with Crippen LogP contribution in [0.1, 0.15) is 30.0 Å². The van der Waals surface area contributed by atoms with Crippen molar-refractivity contribution in [2.24, 2.45) is 0 Å². The van der Waals surface area contributed by atoms with Crippen LogP contribution in [0, 0.1) is 12.7 Å². The molecule has 0 aliphatic rings. The average molecular weight is 540 g/mol. The molecule has 3 aromatic rings. The number of amides is 2. The predicted octanol–water partition coefficient (Wildman–Crippen LogP) is 4.07. The highest BCUT2D eigenvalue weighted by atomic mass is 32.2. The minimum Gasteiger partial charge on any atom is -0.354 e. The van der Waals surface area contributed by atoms with Crippen molar-refractivity contribution in [1.29, 1.82) is 0 Å². The molecule has 3 rings (SSSR count). The molecule has 0 aliphatic carbocycles. The summed E-state index contributed by atoms with van der Waals surface area (Å²) in [5, 5.41) is 2.88. The minimum atomic E-state index is -4.02. The fraction of sp³-hybridized carbons (Fsp3) is 0.310. The lowest BCUT2D eigenvalue weighted by atomic mass is 10.0. The lowest BCUT2D eigenvalue weighted by Gasteiger charge is -2.33. The second-order valence-electron chi connectivity index (χ2n) is 9.23. The number of carbonyl (C=O) groups excluding carboxylic acids is 2. The largest absolute Gasteiger partial charge is 0.354 e. The molecule has 0 heterocycles. The Hall–Kier alpha value is -3.72. The van der Waals surface area contributed by atoms with Crippen LogP contribution in [0.2, 0.25) is 0 Å². The fourth-order valence-corrected chi connectivity index (χ4v) is 5.03. The number of carbonyl (C=O) groups is 2. The van der Waals surface area contributed by atoms with Gasteiger partial charge in [-0.05, 0) is 36.6 Å². The number of halogens is 1. The van der Waals surface area contributed by atoms with Crippen LogP contribution in [0.15, 0.2) is 78.9 Å². The van der Waals surface area contributed by atoms with Crippen LogP contribution < -0.4 is 9.62 Å². The number of nitrogens with zero attached hydrogens (tertiary/aromatic N) is 2. The van der Waals surface area contributed by atoms with Gasteiger partial charge in [0.05, 0.1) is 11.9 Å². The van der Waals surface area contributed by atoms with Crippen LogP contribution in [0.3, 0.4) is 0 Å². The van der Waals surface area contributed by atoms with Crippen LogP contribution in [0.4, 0.5) is 10.1 Å². The van der Waals surface area contributed by atoms with E-state index in [-0.39, 0.29) is 24.6 Å². The Balaban J connectivity index is 2.05. The minimum absolute atomic E-state index is 0.0758. The number of hydrogen-bond donors (Lipinski definition) is 1. The lowest BCUT2D eigenvalue weighted by Crippen LogP contribution is -2.53. The SMILES string of the molecule is CCCNC(=O)[C@@H](Cc1ccccc1)N(Cc1cccc(C)c1)C(=O)CN(c1ccccc1F)S(C)(=O)=O. The van der Waals surface area contributed by atoms with Gasteiger partial charge in [-0.15, -0.1) is 0 Å². The molecule has 0 aliphatic heterocycles. The summed E-state index contributed by atoms with van der Waals surface area (Å²) < 4.78 is 40.8. The van der Waals surface area contributed by atoms with Gasteiger partial charge in [-0.3, -0.25) is 13.9 Å². The van der Waals surface area contributed by atoms with Crippen LogP contribution in [-0.4, -0.2) is 50.5 Å². The monoisotopic (exact) mass is 539 g/mol. The summed E-state index contributed by atoms with van der Waals surface area (Å²) in [4.78, 5) is 28.7. The highest BCUT2D eigenvalue weighted by molar-refractivity contribution is 7.92. The van der Waals surface area contributed by atoms with Gasteiger partial charge < -0.3 is 10.2 Å². The average Bonchev–Trinajstić information content (AvgIpc) is 2.88. The second-order valence-corrected chi connectivity index (χ2v) is 11.1. The fourth-order valence-electron chi connectivity index (χ4n) is 4.18. The summed E-state index contributed by atoms with van der Waals surface area (Å²) in [6.07, 6.45) is 1.87. The Morgan fingerprint density at radius 2 is 1.61 bits per heavy atom. The van der Waals surface area contributed by atoms with Crippen molar-refractivity contribution in [3.05, 3.63) is 101 Å². The van der Waals surface area contributed by atoms with Crippen LogP contribution in [0.5, 0.6) is 0 Å². The van der Waals surface area contributed by atoms with E-state index in [2.05, 4.69) is 5.32 Å². The number of anilines is 1. The molecule has 0 fully saturated rings. The Morgan fingerprint density at radius 1 is 0.947 bits per heavy atom. The summed E-state index contributed by atoms with van der Waals surface area (Å²) in [5.41, 5.74) is 2.39. The molecule has 3 aromatic carbocycles. The zero-order valence-corrected chi connectivity index (χ0v) is 22.7. The van der Waals surface area contributed by atoms with Crippen molar-refractivity contribution >= 4 is 27.5 Å². The smallest absolute Gasteiger partial charge is 0.244 e. The Bertz CT molecular complexity index is 1350. The number of para-hydroxylation sites is 1. The topological polar surface area (TPSA) is 86.8 Å². The zero-order chi connectivity index (χ0) is 27.7. The highest BCUT2D eigenvalue weighted by Crippen LogP contribution is 2.23. The first kappa shape index (κ1) is 28.8. The van der Waals surface area contributed by atoms with Gasteiger partial charge in [0.2, 0.25) is 21.8 Å². The number of hydrogen-bond acceptors (Lipinski definition) is 4. The molecule has 9 heteroatoms. The molecule has 0 saturated carbocycles. The first-order valence-corrected chi connectivity index (χ1v) is 14.3. The number of nitrogens with one attached hydrogen (secondary N) is 1. The third-order valence-electron chi connectivity index (χ3n) is 6.06. The van der Waals surface area contributed by atoms with Crippen LogP contribution in [-0.2, 0) is 32.6 Å². The summed E-state index contributed by atoms with van der Waals surface area (Å²) >= 11 is 0. The van der Waals surface area contributed by atoms with Gasteiger partial charge >= 0.3 is 0 Å². The Labute approximate surface area is 224 Å². The molecule has 0 saturated heterocycles.